The molecule has 0 aromatic heterocycles. The largest absolute Gasteiger partial charge is 0.398 e. The van der Waals surface area contributed by atoms with Crippen LogP contribution in [0.4, 0.5) is 11.4 Å². The highest BCUT2D eigenvalue weighted by molar-refractivity contribution is 6.33. The maximum atomic E-state index is 6.33. The van der Waals surface area contributed by atoms with E-state index in [9.17, 15) is 0 Å². The van der Waals surface area contributed by atoms with Crippen molar-refractivity contribution < 1.29 is 0 Å². The van der Waals surface area contributed by atoms with Crippen molar-refractivity contribution in [2.24, 2.45) is 5.92 Å². The summed E-state index contributed by atoms with van der Waals surface area (Å²) >= 11 is 6.33. The van der Waals surface area contributed by atoms with E-state index in [1.807, 2.05) is 19.1 Å². The molecule has 1 atom stereocenters. The minimum atomic E-state index is 0.721. The van der Waals surface area contributed by atoms with Gasteiger partial charge in [0.05, 0.1) is 10.7 Å². The van der Waals surface area contributed by atoms with Crippen molar-refractivity contribution in [3.05, 3.63) is 22.7 Å². The van der Waals surface area contributed by atoms with Crippen LogP contribution in [0.3, 0.4) is 0 Å². The standard InChI is InChI=1S/C14H22ClN3/c1-10-6-12(15)14(7-13(10)16)18-5-4-11(9-18)8-17(2)3/h6-7,11H,4-5,8-9,16H2,1-3H3. The normalized spacial score (nSPS) is 19.8. The van der Waals surface area contributed by atoms with E-state index in [2.05, 4.69) is 23.9 Å². The molecule has 0 amide bonds. The summed E-state index contributed by atoms with van der Waals surface area (Å²) in [5.74, 6) is 0.721. The molecule has 100 valence electrons. The van der Waals surface area contributed by atoms with Gasteiger partial charge >= 0.3 is 0 Å². The van der Waals surface area contributed by atoms with Crippen molar-refractivity contribution in [1.29, 1.82) is 0 Å². The van der Waals surface area contributed by atoms with Gasteiger partial charge in [0.1, 0.15) is 0 Å². The van der Waals surface area contributed by atoms with Gasteiger partial charge < -0.3 is 15.5 Å². The number of hydrogen-bond donors (Lipinski definition) is 1. The van der Waals surface area contributed by atoms with E-state index >= 15 is 0 Å². The number of aryl methyl sites for hydroxylation is 1. The lowest BCUT2D eigenvalue weighted by molar-refractivity contribution is 0.340. The Morgan fingerprint density at radius 3 is 2.83 bits per heavy atom. The molecule has 0 saturated carbocycles. The smallest absolute Gasteiger partial charge is 0.0643 e. The van der Waals surface area contributed by atoms with Crippen LogP contribution in [0, 0.1) is 12.8 Å². The Morgan fingerprint density at radius 1 is 1.44 bits per heavy atom. The van der Waals surface area contributed by atoms with Gasteiger partial charge in [0.25, 0.3) is 0 Å². The van der Waals surface area contributed by atoms with Gasteiger partial charge in [0, 0.05) is 25.3 Å². The number of hydrogen-bond acceptors (Lipinski definition) is 3. The Morgan fingerprint density at radius 2 is 2.17 bits per heavy atom. The number of nitrogens with two attached hydrogens (primary N) is 1. The second-order valence-electron chi connectivity index (χ2n) is 5.52. The molecule has 1 unspecified atom stereocenters. The predicted octanol–water partition coefficient (Wildman–Crippen LogP) is 2.62. The lowest BCUT2D eigenvalue weighted by Gasteiger charge is -2.22. The Kier molecular flexibility index (Phi) is 4.03. The molecule has 1 fully saturated rings. The summed E-state index contributed by atoms with van der Waals surface area (Å²) in [6.45, 7) is 5.26. The van der Waals surface area contributed by atoms with Gasteiger partial charge in [-0.25, -0.2) is 0 Å². The summed E-state index contributed by atoms with van der Waals surface area (Å²) in [5.41, 5.74) is 8.94. The van der Waals surface area contributed by atoms with Crippen molar-refractivity contribution in [2.45, 2.75) is 13.3 Å². The summed E-state index contributed by atoms with van der Waals surface area (Å²) in [7, 11) is 4.25. The average Bonchev–Trinajstić information content (AvgIpc) is 2.70. The zero-order valence-electron chi connectivity index (χ0n) is 11.4. The molecule has 3 nitrogen and oxygen atoms in total. The first-order valence-electron chi connectivity index (χ1n) is 6.42. The van der Waals surface area contributed by atoms with Crippen LogP contribution in [-0.2, 0) is 0 Å². The molecule has 2 rings (SSSR count). The zero-order chi connectivity index (χ0) is 13.3. The maximum absolute atomic E-state index is 6.33. The highest BCUT2D eigenvalue weighted by Crippen LogP contribution is 2.33. The molecule has 1 heterocycles. The van der Waals surface area contributed by atoms with Gasteiger partial charge in [-0.05, 0) is 51.1 Å². The van der Waals surface area contributed by atoms with Gasteiger partial charge in [0.15, 0.2) is 0 Å². The Labute approximate surface area is 115 Å². The van der Waals surface area contributed by atoms with Crippen molar-refractivity contribution in [3.8, 4) is 0 Å². The number of rotatable bonds is 3. The van der Waals surface area contributed by atoms with Gasteiger partial charge in [-0.1, -0.05) is 11.6 Å². The summed E-state index contributed by atoms with van der Waals surface area (Å²) in [4.78, 5) is 4.60. The molecular weight excluding hydrogens is 246 g/mol. The molecule has 1 aromatic carbocycles. The highest BCUT2D eigenvalue weighted by atomic mass is 35.5. The summed E-state index contributed by atoms with van der Waals surface area (Å²) in [5, 5.41) is 0.812. The van der Waals surface area contributed by atoms with E-state index in [0.717, 1.165) is 47.5 Å². The average molecular weight is 268 g/mol. The minimum absolute atomic E-state index is 0.721. The van der Waals surface area contributed by atoms with Gasteiger partial charge in [0.2, 0.25) is 0 Å². The molecule has 1 saturated heterocycles. The quantitative estimate of drug-likeness (QED) is 0.855. The molecule has 4 heteroatoms. The van der Waals surface area contributed by atoms with Crippen LogP contribution in [0.25, 0.3) is 0 Å². The first kappa shape index (κ1) is 13.5. The van der Waals surface area contributed by atoms with Crippen molar-refractivity contribution in [3.63, 3.8) is 0 Å². The third-order valence-corrected chi connectivity index (χ3v) is 3.89. The molecule has 1 aliphatic rings. The second-order valence-corrected chi connectivity index (χ2v) is 5.93. The number of benzene rings is 1. The predicted molar refractivity (Wildman–Crippen MR) is 79.5 cm³/mol. The topological polar surface area (TPSA) is 32.5 Å². The summed E-state index contributed by atoms with van der Waals surface area (Å²) in [6, 6.07) is 3.97. The maximum Gasteiger partial charge on any atom is 0.0643 e. The highest BCUT2D eigenvalue weighted by Gasteiger charge is 2.24. The van der Waals surface area contributed by atoms with Crippen LogP contribution < -0.4 is 10.6 Å². The SMILES string of the molecule is Cc1cc(Cl)c(N2CCC(CN(C)C)C2)cc1N. The third kappa shape index (κ3) is 2.90. The molecule has 1 aliphatic heterocycles. The first-order valence-corrected chi connectivity index (χ1v) is 6.80. The third-order valence-electron chi connectivity index (χ3n) is 3.59. The van der Waals surface area contributed by atoms with E-state index in [1.54, 1.807) is 0 Å². The van der Waals surface area contributed by atoms with E-state index in [0.29, 0.717) is 0 Å². The molecular formula is C14H22ClN3. The molecule has 0 spiro atoms. The van der Waals surface area contributed by atoms with E-state index in [-0.39, 0.29) is 0 Å². The van der Waals surface area contributed by atoms with Crippen molar-refractivity contribution in [2.75, 3.05) is 44.4 Å². The first-order chi connectivity index (χ1) is 8.47. The Balaban J connectivity index is 2.12. The number of anilines is 2. The van der Waals surface area contributed by atoms with Crippen molar-refractivity contribution >= 4 is 23.0 Å². The molecule has 0 aliphatic carbocycles. The zero-order valence-corrected chi connectivity index (χ0v) is 12.2. The van der Waals surface area contributed by atoms with Gasteiger partial charge in [-0.3, -0.25) is 0 Å². The molecule has 1 aromatic rings. The fourth-order valence-electron chi connectivity index (χ4n) is 2.64. The molecule has 18 heavy (non-hydrogen) atoms. The monoisotopic (exact) mass is 267 g/mol. The Hall–Kier alpha value is -0.930. The summed E-state index contributed by atoms with van der Waals surface area (Å²) < 4.78 is 0. The fourth-order valence-corrected chi connectivity index (χ4v) is 2.97. The van der Waals surface area contributed by atoms with Crippen LogP contribution in [0.1, 0.15) is 12.0 Å². The molecule has 0 radical (unpaired) electrons. The van der Waals surface area contributed by atoms with Crippen LogP contribution in [0.2, 0.25) is 5.02 Å². The van der Waals surface area contributed by atoms with E-state index in [1.165, 1.54) is 6.42 Å². The van der Waals surface area contributed by atoms with E-state index < -0.39 is 0 Å². The van der Waals surface area contributed by atoms with Crippen LogP contribution >= 0.6 is 11.6 Å². The fraction of sp³-hybridized carbons (Fsp3) is 0.571. The summed E-state index contributed by atoms with van der Waals surface area (Å²) in [6.07, 6.45) is 1.22. The van der Waals surface area contributed by atoms with Gasteiger partial charge in [-0.15, -0.1) is 0 Å². The van der Waals surface area contributed by atoms with Crippen LogP contribution in [-0.4, -0.2) is 38.6 Å². The number of nitrogen functional groups attached to an aromatic ring is 1. The van der Waals surface area contributed by atoms with Crippen LogP contribution in [0.5, 0.6) is 0 Å². The lowest BCUT2D eigenvalue weighted by atomic mass is 10.1. The lowest BCUT2D eigenvalue weighted by Crippen LogP contribution is -2.25. The second kappa shape index (κ2) is 5.37. The minimum Gasteiger partial charge on any atom is -0.398 e. The van der Waals surface area contributed by atoms with Gasteiger partial charge in [-0.2, -0.15) is 0 Å². The number of halogens is 1. The van der Waals surface area contributed by atoms with Crippen molar-refractivity contribution in [1.82, 2.24) is 4.90 Å². The van der Waals surface area contributed by atoms with Crippen LogP contribution in [0.15, 0.2) is 12.1 Å². The number of nitrogens with zero attached hydrogens (tertiary/aromatic N) is 2. The van der Waals surface area contributed by atoms with E-state index in [4.69, 9.17) is 17.3 Å². The molecule has 2 N–H and O–H groups in total. The Bertz CT molecular complexity index is 431. The molecule has 0 bridgehead atoms.